The van der Waals surface area contributed by atoms with Crippen molar-refractivity contribution in [3.05, 3.63) is 54.0 Å². The highest BCUT2D eigenvalue weighted by Crippen LogP contribution is 2.45. The number of alkyl halides is 3. The number of rotatable bonds is 4. The Morgan fingerprint density at radius 2 is 1.86 bits per heavy atom. The Balaban J connectivity index is 1.44. The third kappa shape index (κ3) is 3.54. The number of para-hydroxylation sites is 1. The average Bonchev–Trinajstić information content (AvgIpc) is 3.24. The van der Waals surface area contributed by atoms with Crippen LogP contribution in [0.2, 0.25) is 0 Å². The Kier molecular flexibility index (Phi) is 4.71. The van der Waals surface area contributed by atoms with Crippen LogP contribution in [0.15, 0.2) is 47.1 Å². The van der Waals surface area contributed by atoms with Crippen molar-refractivity contribution in [2.24, 2.45) is 0 Å². The molecule has 2 aliphatic rings. The first kappa shape index (κ1) is 19.0. The second-order valence-corrected chi connectivity index (χ2v) is 7.57. The predicted octanol–water partition coefficient (Wildman–Crippen LogP) is 3.75. The molecule has 150 valence electrons. The summed E-state index contributed by atoms with van der Waals surface area (Å²) in [4.78, 5) is 14.5. The van der Waals surface area contributed by atoms with Gasteiger partial charge in [0.05, 0.1) is 24.1 Å². The van der Waals surface area contributed by atoms with Crippen LogP contribution in [0.4, 0.5) is 18.9 Å². The third-order valence-corrected chi connectivity index (χ3v) is 5.73. The molecule has 1 aromatic heterocycles. The molecule has 2 aromatic rings. The fourth-order valence-corrected chi connectivity index (χ4v) is 4.51. The van der Waals surface area contributed by atoms with Crippen LogP contribution in [-0.2, 0) is 16.6 Å². The minimum Gasteiger partial charge on any atom is -0.466 e. The summed E-state index contributed by atoms with van der Waals surface area (Å²) in [7, 11) is 0. The lowest BCUT2D eigenvalue weighted by Crippen LogP contribution is -2.51. The zero-order valence-corrected chi connectivity index (χ0v) is 15.1. The van der Waals surface area contributed by atoms with Gasteiger partial charge in [0.25, 0.3) is 0 Å². The molecule has 2 aliphatic heterocycles. The van der Waals surface area contributed by atoms with Crippen LogP contribution in [0.3, 0.4) is 0 Å². The Morgan fingerprint density at radius 1 is 1.18 bits per heavy atom. The first-order chi connectivity index (χ1) is 13.3. The van der Waals surface area contributed by atoms with E-state index < -0.39 is 23.2 Å². The van der Waals surface area contributed by atoms with Gasteiger partial charge in [-0.15, -0.1) is 0 Å². The summed E-state index contributed by atoms with van der Waals surface area (Å²) in [6.45, 7) is -0.00421. The van der Waals surface area contributed by atoms with Crippen LogP contribution in [0, 0.1) is 0 Å². The normalized spacial score (nSPS) is 27.7. The number of hydrogen-bond donors (Lipinski definition) is 2. The molecule has 2 atom stereocenters. The largest absolute Gasteiger partial charge is 0.466 e. The van der Waals surface area contributed by atoms with Crippen molar-refractivity contribution in [2.75, 3.05) is 11.9 Å². The molecule has 1 amide bonds. The Morgan fingerprint density at radius 3 is 2.46 bits per heavy atom. The quantitative estimate of drug-likeness (QED) is 0.829. The number of amides is 1. The average molecular weight is 394 g/mol. The van der Waals surface area contributed by atoms with E-state index >= 15 is 0 Å². The van der Waals surface area contributed by atoms with Gasteiger partial charge < -0.3 is 14.8 Å². The first-order valence-corrected chi connectivity index (χ1v) is 9.24. The monoisotopic (exact) mass is 394 g/mol. The number of anilines is 1. The predicted molar refractivity (Wildman–Crippen MR) is 95.4 cm³/mol. The van der Waals surface area contributed by atoms with E-state index in [0.717, 1.165) is 18.9 Å². The standard InChI is InChI=1S/C20H21F3N2O3/c21-20(22,23)15-4-1-2-5-16(15)24-18(26)12-25-13-7-8-14(25)11-19(27,10-13)17-6-3-9-28-17/h1-6,9,13-14,27H,7-8,10-12H2,(H,24,26)/t13-,14-/m0/s1. The van der Waals surface area contributed by atoms with Gasteiger partial charge in [-0.05, 0) is 49.9 Å². The highest BCUT2D eigenvalue weighted by atomic mass is 19.4. The van der Waals surface area contributed by atoms with E-state index in [1.165, 1.54) is 24.5 Å². The minimum absolute atomic E-state index is 0.00421. The van der Waals surface area contributed by atoms with Crippen molar-refractivity contribution in [3.8, 4) is 0 Å². The second-order valence-electron chi connectivity index (χ2n) is 7.57. The Labute approximate surface area is 160 Å². The number of furan rings is 1. The molecule has 28 heavy (non-hydrogen) atoms. The summed E-state index contributed by atoms with van der Waals surface area (Å²) in [6.07, 6.45) is -0.478. The molecular weight excluding hydrogens is 373 g/mol. The third-order valence-electron chi connectivity index (χ3n) is 5.73. The molecule has 0 saturated carbocycles. The highest BCUT2D eigenvalue weighted by Gasteiger charge is 2.50. The number of nitrogens with one attached hydrogen (secondary N) is 1. The lowest BCUT2D eigenvalue weighted by Gasteiger charge is -2.42. The van der Waals surface area contributed by atoms with Gasteiger partial charge in [0.15, 0.2) is 0 Å². The van der Waals surface area contributed by atoms with E-state index in [1.807, 2.05) is 4.90 Å². The van der Waals surface area contributed by atoms with Crippen LogP contribution in [0.25, 0.3) is 0 Å². The smallest absolute Gasteiger partial charge is 0.418 e. The van der Waals surface area contributed by atoms with Crippen molar-refractivity contribution in [1.29, 1.82) is 0 Å². The number of aliphatic hydroxyl groups is 1. The van der Waals surface area contributed by atoms with Gasteiger partial charge in [0.1, 0.15) is 11.4 Å². The van der Waals surface area contributed by atoms with E-state index in [1.54, 1.807) is 12.1 Å². The lowest BCUT2D eigenvalue weighted by atomic mass is 9.84. The number of fused-ring (bicyclic) bond motifs is 2. The van der Waals surface area contributed by atoms with Gasteiger partial charge in [-0.2, -0.15) is 13.2 Å². The molecule has 4 rings (SSSR count). The molecule has 5 nitrogen and oxygen atoms in total. The van der Waals surface area contributed by atoms with Gasteiger partial charge in [-0.25, -0.2) is 0 Å². The summed E-state index contributed by atoms with van der Waals surface area (Å²) in [5.41, 5.74) is -2.17. The van der Waals surface area contributed by atoms with E-state index in [4.69, 9.17) is 4.42 Å². The summed E-state index contributed by atoms with van der Waals surface area (Å²) in [6, 6.07) is 8.39. The second kappa shape index (κ2) is 6.93. The van der Waals surface area contributed by atoms with Crippen LogP contribution in [0.5, 0.6) is 0 Å². The molecule has 8 heteroatoms. The van der Waals surface area contributed by atoms with Crippen LogP contribution < -0.4 is 5.32 Å². The minimum atomic E-state index is -4.53. The number of carbonyl (C=O) groups is 1. The van der Waals surface area contributed by atoms with Crippen molar-refractivity contribution in [2.45, 2.75) is 49.5 Å². The van der Waals surface area contributed by atoms with Gasteiger partial charge in [-0.3, -0.25) is 9.69 Å². The van der Waals surface area contributed by atoms with Gasteiger partial charge in [0.2, 0.25) is 5.91 Å². The van der Waals surface area contributed by atoms with E-state index in [2.05, 4.69) is 5.32 Å². The molecule has 3 heterocycles. The molecule has 1 aromatic carbocycles. The number of halogens is 3. The van der Waals surface area contributed by atoms with Crippen LogP contribution in [0.1, 0.15) is 37.0 Å². The fourth-order valence-electron chi connectivity index (χ4n) is 4.51. The molecule has 0 spiro atoms. The summed E-state index contributed by atoms with van der Waals surface area (Å²) in [5.74, 6) is 0.0321. The highest BCUT2D eigenvalue weighted by molar-refractivity contribution is 5.93. The zero-order chi connectivity index (χ0) is 19.9. The maximum atomic E-state index is 13.1. The summed E-state index contributed by atoms with van der Waals surface area (Å²) >= 11 is 0. The van der Waals surface area contributed by atoms with Crippen LogP contribution in [-0.4, -0.2) is 34.5 Å². The molecule has 2 saturated heterocycles. The maximum Gasteiger partial charge on any atom is 0.418 e. The van der Waals surface area contributed by atoms with Crippen LogP contribution >= 0.6 is 0 Å². The maximum absolute atomic E-state index is 13.1. The van der Waals surface area contributed by atoms with E-state index in [0.29, 0.717) is 18.6 Å². The molecule has 0 radical (unpaired) electrons. The van der Waals surface area contributed by atoms with Crippen molar-refractivity contribution >= 4 is 11.6 Å². The van der Waals surface area contributed by atoms with E-state index in [9.17, 15) is 23.1 Å². The number of carbonyl (C=O) groups excluding carboxylic acids is 1. The number of nitrogens with zero attached hydrogens (tertiary/aromatic N) is 1. The first-order valence-electron chi connectivity index (χ1n) is 9.24. The van der Waals surface area contributed by atoms with Crippen molar-refractivity contribution in [3.63, 3.8) is 0 Å². The summed E-state index contributed by atoms with van der Waals surface area (Å²) in [5, 5.41) is 13.4. The van der Waals surface area contributed by atoms with Gasteiger partial charge in [0, 0.05) is 12.1 Å². The molecule has 2 fully saturated rings. The van der Waals surface area contributed by atoms with Gasteiger partial charge in [-0.1, -0.05) is 12.1 Å². The Hall–Kier alpha value is -2.32. The number of hydrogen-bond acceptors (Lipinski definition) is 4. The van der Waals surface area contributed by atoms with Crippen molar-refractivity contribution < 1.29 is 27.5 Å². The lowest BCUT2D eigenvalue weighted by molar-refractivity contribution is -0.137. The molecule has 0 aliphatic carbocycles. The topological polar surface area (TPSA) is 65.7 Å². The summed E-state index contributed by atoms with van der Waals surface area (Å²) < 4.78 is 44.7. The zero-order valence-electron chi connectivity index (χ0n) is 15.1. The molecule has 2 bridgehead atoms. The fraction of sp³-hybridized carbons (Fsp3) is 0.450. The molecular formula is C20H21F3N2O3. The number of benzene rings is 1. The van der Waals surface area contributed by atoms with E-state index in [-0.39, 0.29) is 24.3 Å². The van der Waals surface area contributed by atoms with Crippen molar-refractivity contribution in [1.82, 2.24) is 4.90 Å². The Bertz CT molecular complexity index is 837. The molecule has 0 unspecified atom stereocenters. The molecule has 2 N–H and O–H groups in total. The van der Waals surface area contributed by atoms with Gasteiger partial charge >= 0.3 is 6.18 Å². The SMILES string of the molecule is O=C(CN1[C@H]2CC[C@H]1CC(O)(c1ccco1)C2)Nc1ccccc1C(F)(F)F. The number of piperidine rings is 1.